The number of thiocarbonyl (C=S) groups is 1. The molecule has 2 aromatic heterocycles. The molecule has 2 aliphatic rings. The summed E-state index contributed by atoms with van der Waals surface area (Å²) in [6.07, 6.45) is 6.45. The third-order valence-electron chi connectivity index (χ3n) is 5.38. The molecule has 1 aliphatic carbocycles. The first-order valence-corrected chi connectivity index (χ1v) is 13.8. The summed E-state index contributed by atoms with van der Waals surface area (Å²) in [4.78, 5) is 42.3. The number of anilines is 1. The lowest BCUT2D eigenvalue weighted by Gasteiger charge is -2.14. The van der Waals surface area contributed by atoms with Crippen LogP contribution in [0.4, 0.5) is 5.00 Å². The van der Waals surface area contributed by atoms with E-state index in [-0.39, 0.29) is 24.2 Å². The molecule has 3 heterocycles. The van der Waals surface area contributed by atoms with E-state index in [1.165, 1.54) is 23.1 Å². The number of esters is 1. The van der Waals surface area contributed by atoms with Crippen LogP contribution in [0.15, 0.2) is 22.4 Å². The Labute approximate surface area is 210 Å². The molecule has 0 aromatic carbocycles. The van der Waals surface area contributed by atoms with Crippen LogP contribution in [0.1, 0.15) is 58.3 Å². The summed E-state index contributed by atoms with van der Waals surface area (Å²) in [6, 6.07) is 3.89. The van der Waals surface area contributed by atoms with Crippen LogP contribution in [0, 0.1) is 0 Å². The molecule has 2 amide bonds. The van der Waals surface area contributed by atoms with E-state index in [2.05, 4.69) is 5.32 Å². The number of rotatable bonds is 8. The van der Waals surface area contributed by atoms with E-state index in [0.717, 1.165) is 41.0 Å². The van der Waals surface area contributed by atoms with Crippen molar-refractivity contribution in [3.8, 4) is 0 Å². The molecule has 1 aliphatic heterocycles. The van der Waals surface area contributed by atoms with E-state index in [9.17, 15) is 14.4 Å². The SMILES string of the molecule is CCOC(=O)c1c(NC(=O)CCCN2C(=O)/C(=C/c3cccs3)SC2=S)sc2c1CCCC2. The molecule has 6 nitrogen and oxygen atoms in total. The second kappa shape index (κ2) is 10.9. The lowest BCUT2D eigenvalue weighted by molar-refractivity contribution is -0.122. The second-order valence-electron chi connectivity index (χ2n) is 7.64. The van der Waals surface area contributed by atoms with E-state index < -0.39 is 0 Å². The van der Waals surface area contributed by atoms with E-state index in [0.29, 0.717) is 39.4 Å². The van der Waals surface area contributed by atoms with Gasteiger partial charge in [-0.15, -0.1) is 22.7 Å². The van der Waals surface area contributed by atoms with Gasteiger partial charge in [0.1, 0.15) is 9.32 Å². The average molecular weight is 521 g/mol. The Kier molecular flexibility index (Phi) is 8.00. The Bertz CT molecular complexity index is 1100. The summed E-state index contributed by atoms with van der Waals surface area (Å²) < 4.78 is 5.76. The highest BCUT2D eigenvalue weighted by Crippen LogP contribution is 2.39. The number of thioether (sulfide) groups is 1. The van der Waals surface area contributed by atoms with Gasteiger partial charge in [0.15, 0.2) is 0 Å². The molecule has 1 fully saturated rings. The molecule has 0 radical (unpaired) electrons. The Morgan fingerprint density at radius 3 is 2.88 bits per heavy atom. The van der Waals surface area contributed by atoms with E-state index in [1.807, 2.05) is 23.6 Å². The first-order chi connectivity index (χ1) is 16.0. The molecular formula is C23H24N2O4S4. The number of hydrogen-bond acceptors (Lipinski definition) is 8. The van der Waals surface area contributed by atoms with Crippen LogP contribution in [0.2, 0.25) is 0 Å². The lowest BCUT2D eigenvalue weighted by Crippen LogP contribution is -2.29. The Balaban J connectivity index is 1.36. The summed E-state index contributed by atoms with van der Waals surface area (Å²) in [5, 5.41) is 5.46. The Hall–Kier alpha value is -2.01. The molecule has 2 aromatic rings. The molecule has 0 atom stereocenters. The molecule has 0 saturated carbocycles. The molecule has 1 saturated heterocycles. The molecule has 33 heavy (non-hydrogen) atoms. The smallest absolute Gasteiger partial charge is 0.341 e. The topological polar surface area (TPSA) is 75.7 Å². The van der Waals surface area contributed by atoms with Crippen molar-refractivity contribution >= 4 is 79.8 Å². The fourth-order valence-electron chi connectivity index (χ4n) is 3.86. The number of fused-ring (bicyclic) bond motifs is 1. The van der Waals surface area contributed by atoms with Gasteiger partial charge in [0.2, 0.25) is 5.91 Å². The highest BCUT2D eigenvalue weighted by atomic mass is 32.2. The number of nitrogens with one attached hydrogen (secondary N) is 1. The number of nitrogens with zero attached hydrogens (tertiary/aromatic N) is 1. The normalized spacial score (nSPS) is 16.9. The zero-order valence-electron chi connectivity index (χ0n) is 18.2. The van der Waals surface area contributed by atoms with E-state index >= 15 is 0 Å². The van der Waals surface area contributed by atoms with Gasteiger partial charge in [-0.25, -0.2) is 4.79 Å². The summed E-state index contributed by atoms with van der Waals surface area (Å²) >= 11 is 9.71. The van der Waals surface area contributed by atoms with E-state index in [4.69, 9.17) is 17.0 Å². The molecular weight excluding hydrogens is 497 g/mol. The van der Waals surface area contributed by atoms with Gasteiger partial charge >= 0.3 is 5.97 Å². The van der Waals surface area contributed by atoms with Gasteiger partial charge in [0, 0.05) is 22.7 Å². The third kappa shape index (κ3) is 5.56. The lowest BCUT2D eigenvalue weighted by atomic mass is 9.95. The molecule has 10 heteroatoms. The van der Waals surface area contributed by atoms with Crippen LogP contribution in [0.3, 0.4) is 0 Å². The predicted octanol–water partition coefficient (Wildman–Crippen LogP) is 5.49. The quantitative estimate of drug-likeness (QED) is 0.282. The standard InChI is InChI=1S/C23H24N2O4S4/c1-2-29-22(28)19-15-8-3-4-9-16(15)32-20(19)24-18(26)10-5-11-25-21(27)17(33-23(25)30)13-14-7-6-12-31-14/h6-7,12-13H,2-5,8-11H2,1H3,(H,24,26)/b17-13-. The van der Waals surface area contributed by atoms with Crippen LogP contribution >= 0.6 is 46.7 Å². The monoisotopic (exact) mass is 520 g/mol. The average Bonchev–Trinajstić information content (AvgIpc) is 3.48. The number of carbonyl (C=O) groups is 3. The molecule has 0 bridgehead atoms. The van der Waals surface area contributed by atoms with Gasteiger partial charge < -0.3 is 10.1 Å². The van der Waals surface area contributed by atoms with Crippen molar-refractivity contribution in [1.29, 1.82) is 0 Å². The van der Waals surface area contributed by atoms with E-state index in [1.54, 1.807) is 23.2 Å². The molecule has 174 valence electrons. The van der Waals surface area contributed by atoms with Crippen LogP contribution in [0.5, 0.6) is 0 Å². The van der Waals surface area contributed by atoms with Crippen molar-refractivity contribution in [2.75, 3.05) is 18.5 Å². The Morgan fingerprint density at radius 1 is 1.30 bits per heavy atom. The van der Waals surface area contributed by atoms with Gasteiger partial charge in [0.25, 0.3) is 5.91 Å². The van der Waals surface area contributed by atoms with Crippen LogP contribution < -0.4 is 5.32 Å². The number of thiophene rings is 2. The number of ether oxygens (including phenoxy) is 1. The molecule has 4 rings (SSSR count). The van der Waals surface area contributed by atoms with Gasteiger partial charge in [0.05, 0.1) is 17.1 Å². The largest absolute Gasteiger partial charge is 0.462 e. The fourth-order valence-corrected chi connectivity index (χ4v) is 7.18. The minimum atomic E-state index is -0.373. The third-order valence-corrected chi connectivity index (χ3v) is 8.78. The van der Waals surface area contributed by atoms with Crippen molar-refractivity contribution < 1.29 is 19.1 Å². The van der Waals surface area contributed by atoms with Crippen LogP contribution in [-0.2, 0) is 27.2 Å². The fraction of sp³-hybridized carbons (Fsp3) is 0.391. The first kappa shape index (κ1) is 24.1. The van der Waals surface area contributed by atoms with Crippen molar-refractivity contribution in [2.45, 2.75) is 45.4 Å². The highest BCUT2D eigenvalue weighted by Gasteiger charge is 2.32. The number of hydrogen-bond donors (Lipinski definition) is 1. The predicted molar refractivity (Wildman–Crippen MR) is 139 cm³/mol. The molecule has 0 spiro atoms. The number of amides is 2. The summed E-state index contributed by atoms with van der Waals surface area (Å²) in [7, 11) is 0. The highest BCUT2D eigenvalue weighted by molar-refractivity contribution is 8.26. The minimum absolute atomic E-state index is 0.116. The van der Waals surface area contributed by atoms with Crippen molar-refractivity contribution in [1.82, 2.24) is 4.90 Å². The maximum absolute atomic E-state index is 12.7. The number of carbonyl (C=O) groups excluding carboxylic acids is 3. The zero-order chi connectivity index (χ0) is 23.4. The van der Waals surface area contributed by atoms with Gasteiger partial charge in [-0.05, 0) is 62.1 Å². The zero-order valence-corrected chi connectivity index (χ0v) is 21.4. The van der Waals surface area contributed by atoms with Crippen molar-refractivity contribution in [2.24, 2.45) is 0 Å². The van der Waals surface area contributed by atoms with Crippen LogP contribution in [0.25, 0.3) is 6.08 Å². The van der Waals surface area contributed by atoms with Gasteiger partial charge in [-0.2, -0.15) is 0 Å². The van der Waals surface area contributed by atoms with Crippen molar-refractivity contribution in [3.05, 3.63) is 43.3 Å². The summed E-state index contributed by atoms with van der Waals surface area (Å²) in [5.74, 6) is -0.671. The minimum Gasteiger partial charge on any atom is -0.462 e. The summed E-state index contributed by atoms with van der Waals surface area (Å²) in [6.45, 7) is 2.45. The maximum atomic E-state index is 12.7. The first-order valence-electron chi connectivity index (χ1n) is 10.9. The summed E-state index contributed by atoms with van der Waals surface area (Å²) in [5.41, 5.74) is 1.54. The molecule has 0 unspecified atom stereocenters. The molecule has 1 N–H and O–H groups in total. The maximum Gasteiger partial charge on any atom is 0.341 e. The van der Waals surface area contributed by atoms with Gasteiger partial charge in [-0.3, -0.25) is 14.5 Å². The second-order valence-corrected chi connectivity index (χ2v) is 11.4. The number of aryl methyl sites for hydroxylation is 1. The van der Waals surface area contributed by atoms with Crippen LogP contribution in [-0.4, -0.2) is 40.2 Å². The van der Waals surface area contributed by atoms with Gasteiger partial charge in [-0.1, -0.05) is 30.0 Å². The Morgan fingerprint density at radius 2 is 2.12 bits per heavy atom. The van der Waals surface area contributed by atoms with Crippen molar-refractivity contribution in [3.63, 3.8) is 0 Å².